The van der Waals surface area contributed by atoms with E-state index in [2.05, 4.69) is 0 Å². The second-order valence-electron chi connectivity index (χ2n) is 6.02. The van der Waals surface area contributed by atoms with Crippen molar-refractivity contribution in [3.8, 4) is 5.75 Å². The van der Waals surface area contributed by atoms with Gasteiger partial charge in [-0.05, 0) is 42.1 Å². The Labute approximate surface area is 167 Å². The van der Waals surface area contributed by atoms with E-state index in [1.54, 1.807) is 44.4 Å². The molecule has 0 saturated carbocycles. The molecule has 0 aromatic heterocycles. The number of nitrogens with zero attached hydrogens (tertiary/aromatic N) is 2. The van der Waals surface area contributed by atoms with Crippen LogP contribution in [0.15, 0.2) is 54.1 Å². The van der Waals surface area contributed by atoms with Crippen molar-refractivity contribution in [2.24, 2.45) is 0 Å². The van der Waals surface area contributed by atoms with Gasteiger partial charge in [-0.1, -0.05) is 41.9 Å². The zero-order valence-electron chi connectivity index (χ0n) is 14.8. The highest BCUT2D eigenvalue weighted by Gasteiger charge is 2.35. The largest absolute Gasteiger partial charge is 0.489 e. The fraction of sp³-hybridized carbons (Fsp3) is 0.150. The Hall–Kier alpha value is -2.70. The van der Waals surface area contributed by atoms with Crippen LogP contribution in [0.1, 0.15) is 11.1 Å². The van der Waals surface area contributed by atoms with Crippen LogP contribution in [0.4, 0.5) is 0 Å². The second-order valence-corrected chi connectivity index (χ2v) is 6.79. The third-order valence-corrected chi connectivity index (χ3v) is 5.10. The molecule has 0 spiro atoms. The van der Waals surface area contributed by atoms with Crippen LogP contribution in [0.3, 0.4) is 0 Å². The van der Waals surface area contributed by atoms with E-state index in [4.69, 9.17) is 28.6 Å². The maximum Gasteiger partial charge on any atom is 0.265 e. The molecule has 7 heteroatoms. The predicted octanol–water partition coefficient (Wildman–Crippen LogP) is 3.52. The number of thiocarbonyl (C=S) groups is 1. The Morgan fingerprint density at radius 3 is 2.19 bits per heavy atom. The number of benzene rings is 2. The summed E-state index contributed by atoms with van der Waals surface area (Å²) in [4.78, 5) is 27.2. The van der Waals surface area contributed by atoms with E-state index in [9.17, 15) is 9.59 Å². The van der Waals surface area contributed by atoms with E-state index in [-0.39, 0.29) is 10.7 Å². The Bertz CT molecular complexity index is 914. The lowest BCUT2D eigenvalue weighted by Crippen LogP contribution is -2.52. The van der Waals surface area contributed by atoms with Gasteiger partial charge in [0, 0.05) is 24.7 Å². The number of hydrogen-bond donors (Lipinski definition) is 0. The molecule has 0 bridgehead atoms. The number of ether oxygens (including phenoxy) is 1. The molecule has 3 rings (SSSR count). The minimum Gasteiger partial charge on any atom is -0.489 e. The number of rotatable bonds is 4. The lowest BCUT2D eigenvalue weighted by Gasteiger charge is -2.31. The third-order valence-electron chi connectivity index (χ3n) is 4.19. The first-order valence-corrected chi connectivity index (χ1v) is 8.95. The summed E-state index contributed by atoms with van der Waals surface area (Å²) in [6.07, 6.45) is 1.55. The van der Waals surface area contributed by atoms with E-state index in [1.807, 2.05) is 24.3 Å². The summed E-state index contributed by atoms with van der Waals surface area (Å²) in [6, 6.07) is 14.6. The van der Waals surface area contributed by atoms with E-state index < -0.39 is 11.8 Å². The summed E-state index contributed by atoms with van der Waals surface area (Å²) in [5.74, 6) is -0.168. The third kappa shape index (κ3) is 4.02. The normalized spacial score (nSPS) is 14.6. The van der Waals surface area contributed by atoms with Crippen LogP contribution in [-0.4, -0.2) is 40.8 Å². The molecule has 1 aliphatic heterocycles. The Balaban J connectivity index is 1.74. The van der Waals surface area contributed by atoms with E-state index in [0.29, 0.717) is 22.9 Å². The zero-order valence-corrected chi connectivity index (χ0v) is 16.4. The molecule has 1 fully saturated rings. The first kappa shape index (κ1) is 19.1. The molecule has 138 valence electrons. The molecular formula is C20H17ClN2O3S. The Morgan fingerprint density at radius 1 is 1.00 bits per heavy atom. The van der Waals surface area contributed by atoms with Gasteiger partial charge in [-0.2, -0.15) is 0 Å². The molecule has 0 aliphatic carbocycles. The van der Waals surface area contributed by atoms with Gasteiger partial charge in [-0.3, -0.25) is 19.4 Å². The van der Waals surface area contributed by atoms with Crippen molar-refractivity contribution in [3.05, 3.63) is 70.3 Å². The van der Waals surface area contributed by atoms with Crippen molar-refractivity contribution < 1.29 is 14.3 Å². The SMILES string of the molecule is CN1C(=O)C(=Cc2ccc(OCc3ccccc3Cl)cc2)C(=O)N(C)C1=S. The highest BCUT2D eigenvalue weighted by molar-refractivity contribution is 7.80. The van der Waals surface area contributed by atoms with Crippen molar-refractivity contribution >= 4 is 46.8 Å². The van der Waals surface area contributed by atoms with Crippen LogP contribution in [0, 0.1) is 0 Å². The fourth-order valence-corrected chi connectivity index (χ4v) is 2.93. The van der Waals surface area contributed by atoms with Crippen LogP contribution in [-0.2, 0) is 16.2 Å². The predicted molar refractivity (Wildman–Crippen MR) is 108 cm³/mol. The van der Waals surface area contributed by atoms with Gasteiger partial charge in [-0.25, -0.2) is 0 Å². The topological polar surface area (TPSA) is 49.9 Å². The van der Waals surface area contributed by atoms with Gasteiger partial charge >= 0.3 is 0 Å². The molecule has 1 heterocycles. The molecular weight excluding hydrogens is 384 g/mol. The highest BCUT2D eigenvalue weighted by Crippen LogP contribution is 2.21. The smallest absolute Gasteiger partial charge is 0.265 e. The van der Waals surface area contributed by atoms with Crippen molar-refractivity contribution in [3.63, 3.8) is 0 Å². The monoisotopic (exact) mass is 400 g/mol. The molecule has 27 heavy (non-hydrogen) atoms. The standard InChI is InChI=1S/C20H17ClN2O3S/c1-22-18(24)16(19(25)23(2)20(22)27)11-13-7-9-15(10-8-13)26-12-14-5-3-4-6-17(14)21/h3-11H,12H2,1-2H3. The van der Waals surface area contributed by atoms with Gasteiger partial charge in [0.15, 0.2) is 5.11 Å². The van der Waals surface area contributed by atoms with Gasteiger partial charge in [-0.15, -0.1) is 0 Å². The quantitative estimate of drug-likeness (QED) is 0.447. The molecule has 0 unspecified atom stereocenters. The molecule has 2 aromatic rings. The first-order valence-electron chi connectivity index (χ1n) is 8.16. The molecule has 0 N–H and O–H groups in total. The zero-order chi connectivity index (χ0) is 19.6. The van der Waals surface area contributed by atoms with Crippen molar-refractivity contribution in [2.45, 2.75) is 6.61 Å². The number of carbonyl (C=O) groups is 2. The minimum atomic E-state index is -0.415. The molecule has 0 radical (unpaired) electrons. The van der Waals surface area contributed by atoms with Crippen molar-refractivity contribution in [1.82, 2.24) is 9.80 Å². The molecule has 2 aromatic carbocycles. The lowest BCUT2D eigenvalue weighted by atomic mass is 10.1. The van der Waals surface area contributed by atoms with Crippen molar-refractivity contribution in [2.75, 3.05) is 14.1 Å². The molecule has 1 aliphatic rings. The van der Waals surface area contributed by atoms with E-state index >= 15 is 0 Å². The summed E-state index contributed by atoms with van der Waals surface area (Å²) in [5.41, 5.74) is 1.68. The van der Waals surface area contributed by atoms with Crippen LogP contribution < -0.4 is 4.74 Å². The summed E-state index contributed by atoms with van der Waals surface area (Å²) in [6.45, 7) is 0.351. The van der Waals surface area contributed by atoms with Gasteiger partial charge in [0.1, 0.15) is 17.9 Å². The van der Waals surface area contributed by atoms with Crippen molar-refractivity contribution in [1.29, 1.82) is 0 Å². The molecule has 0 atom stereocenters. The number of likely N-dealkylation sites (N-methyl/N-ethyl adjacent to an activating group) is 2. The molecule has 1 saturated heterocycles. The second kappa shape index (κ2) is 7.90. The van der Waals surface area contributed by atoms with Gasteiger partial charge in [0.2, 0.25) is 0 Å². The highest BCUT2D eigenvalue weighted by atomic mass is 35.5. The fourth-order valence-electron chi connectivity index (χ4n) is 2.58. The van der Waals surface area contributed by atoms with Crippen LogP contribution in [0.5, 0.6) is 5.75 Å². The summed E-state index contributed by atoms with van der Waals surface area (Å²) < 4.78 is 5.74. The average Bonchev–Trinajstić information content (AvgIpc) is 2.68. The lowest BCUT2D eigenvalue weighted by molar-refractivity contribution is -0.132. The van der Waals surface area contributed by atoms with Crippen LogP contribution >= 0.6 is 23.8 Å². The molecule has 5 nitrogen and oxygen atoms in total. The Kier molecular flexibility index (Phi) is 5.58. The van der Waals surface area contributed by atoms with Gasteiger partial charge < -0.3 is 4.74 Å². The maximum atomic E-state index is 12.3. The van der Waals surface area contributed by atoms with Crippen LogP contribution in [0.2, 0.25) is 5.02 Å². The summed E-state index contributed by atoms with van der Waals surface area (Å²) in [7, 11) is 3.10. The minimum absolute atomic E-state index is 0.0679. The maximum absolute atomic E-state index is 12.3. The average molecular weight is 401 g/mol. The van der Waals surface area contributed by atoms with Crippen LogP contribution in [0.25, 0.3) is 6.08 Å². The summed E-state index contributed by atoms with van der Waals surface area (Å²) >= 11 is 11.2. The summed E-state index contributed by atoms with van der Waals surface area (Å²) in [5, 5.41) is 0.838. The number of halogens is 1. The van der Waals surface area contributed by atoms with E-state index in [1.165, 1.54) is 9.80 Å². The first-order chi connectivity index (χ1) is 12.9. The van der Waals surface area contributed by atoms with Gasteiger partial charge in [0.05, 0.1) is 0 Å². The number of hydrogen-bond acceptors (Lipinski definition) is 4. The number of carbonyl (C=O) groups excluding carboxylic acids is 2. The molecule has 2 amide bonds. The van der Waals surface area contributed by atoms with E-state index in [0.717, 1.165) is 5.56 Å². The van der Waals surface area contributed by atoms with Gasteiger partial charge in [0.25, 0.3) is 11.8 Å². The Morgan fingerprint density at radius 2 is 1.59 bits per heavy atom. The number of amides is 2.